The molecule has 72 valence electrons. The molecular formula is C9H16N4. The molecule has 0 spiro atoms. The fourth-order valence-corrected chi connectivity index (χ4v) is 1.12. The highest BCUT2D eigenvalue weighted by atomic mass is 15.1. The molecule has 0 fully saturated rings. The number of aromatic amines is 1. The first kappa shape index (κ1) is 9.64. The van der Waals surface area contributed by atoms with Crippen molar-refractivity contribution >= 4 is 11.0 Å². The summed E-state index contributed by atoms with van der Waals surface area (Å²) in [5.74, 6) is 0.777. The van der Waals surface area contributed by atoms with Crippen molar-refractivity contribution in [3.63, 3.8) is 0 Å². The molecule has 0 saturated carbocycles. The van der Waals surface area contributed by atoms with Crippen LogP contribution in [0.3, 0.4) is 0 Å². The predicted octanol–water partition coefficient (Wildman–Crippen LogP) is 2.24. The van der Waals surface area contributed by atoms with Gasteiger partial charge in [-0.25, -0.2) is 9.97 Å². The fourth-order valence-electron chi connectivity index (χ4n) is 1.12. The molecule has 0 amide bonds. The van der Waals surface area contributed by atoms with Crippen molar-refractivity contribution < 1.29 is 1.43 Å². The molecule has 13 heavy (non-hydrogen) atoms. The van der Waals surface area contributed by atoms with Crippen LogP contribution in [0.5, 0.6) is 0 Å². The van der Waals surface area contributed by atoms with E-state index in [2.05, 4.69) is 20.2 Å². The number of hydrogen-bond acceptors (Lipinski definition) is 3. The number of rotatable bonds is 0. The van der Waals surface area contributed by atoms with Crippen LogP contribution in [0, 0.1) is 13.8 Å². The predicted molar refractivity (Wildman–Crippen MR) is 54.6 cm³/mol. The van der Waals surface area contributed by atoms with E-state index in [1.54, 1.807) is 6.20 Å². The molecule has 0 unspecified atom stereocenters. The number of nitrogens with zero attached hydrogens (tertiary/aromatic N) is 3. The summed E-state index contributed by atoms with van der Waals surface area (Å²) in [6, 6.07) is 0. The van der Waals surface area contributed by atoms with Gasteiger partial charge in [-0.2, -0.15) is 5.10 Å². The van der Waals surface area contributed by atoms with Crippen molar-refractivity contribution in [3.05, 3.63) is 17.7 Å². The Bertz CT molecular complexity index is 397. The average molecular weight is 180 g/mol. The van der Waals surface area contributed by atoms with Crippen molar-refractivity contribution in [2.45, 2.75) is 27.7 Å². The molecule has 2 aromatic rings. The lowest BCUT2D eigenvalue weighted by Crippen LogP contribution is -1.90. The Morgan fingerprint density at radius 2 is 1.92 bits per heavy atom. The van der Waals surface area contributed by atoms with Crippen molar-refractivity contribution in [1.82, 2.24) is 20.2 Å². The second kappa shape index (κ2) is 3.98. The quantitative estimate of drug-likeness (QED) is 0.676. The van der Waals surface area contributed by atoms with Gasteiger partial charge in [-0.05, 0) is 13.8 Å². The Morgan fingerprint density at radius 3 is 2.62 bits per heavy atom. The largest absolute Gasteiger partial charge is 0.261 e. The van der Waals surface area contributed by atoms with Crippen LogP contribution in [0.15, 0.2) is 6.20 Å². The fraction of sp³-hybridized carbons (Fsp3) is 0.444. The molecule has 0 radical (unpaired) electrons. The summed E-state index contributed by atoms with van der Waals surface area (Å²) in [5, 5.41) is 7.67. The van der Waals surface area contributed by atoms with Crippen molar-refractivity contribution in [2.24, 2.45) is 0 Å². The van der Waals surface area contributed by atoms with Crippen molar-refractivity contribution in [3.8, 4) is 0 Å². The summed E-state index contributed by atoms with van der Waals surface area (Å²) >= 11 is 0. The summed E-state index contributed by atoms with van der Waals surface area (Å²) in [6.45, 7) is 7.82. The molecule has 0 aromatic carbocycles. The zero-order chi connectivity index (χ0) is 9.84. The Hall–Kier alpha value is -1.45. The summed E-state index contributed by atoms with van der Waals surface area (Å²) in [4.78, 5) is 8.37. The third-order valence-electron chi connectivity index (χ3n) is 1.61. The maximum Gasteiger partial charge on any atom is 0.159 e. The molecule has 2 rings (SSSR count). The van der Waals surface area contributed by atoms with Crippen LogP contribution in [0.4, 0.5) is 0 Å². The molecule has 0 aliphatic carbocycles. The van der Waals surface area contributed by atoms with E-state index in [9.17, 15) is 0 Å². The average Bonchev–Trinajstić information content (AvgIpc) is 2.55. The van der Waals surface area contributed by atoms with Gasteiger partial charge in [0, 0.05) is 1.43 Å². The van der Waals surface area contributed by atoms with E-state index in [4.69, 9.17) is 0 Å². The topological polar surface area (TPSA) is 54.5 Å². The number of fused-ring (bicyclic) bond motifs is 1. The van der Waals surface area contributed by atoms with Crippen LogP contribution in [0.1, 0.15) is 26.8 Å². The highest BCUT2D eigenvalue weighted by Crippen LogP contribution is 2.10. The Labute approximate surface area is 78.9 Å². The van der Waals surface area contributed by atoms with E-state index in [1.165, 1.54) is 0 Å². The molecule has 1 N–H and O–H groups in total. The number of nitrogens with one attached hydrogen (secondary N) is 1. The van der Waals surface area contributed by atoms with Gasteiger partial charge in [0.1, 0.15) is 5.82 Å². The molecule has 0 atom stereocenters. The molecule has 4 heteroatoms. The van der Waals surface area contributed by atoms with E-state index in [1.807, 2.05) is 27.7 Å². The highest BCUT2D eigenvalue weighted by molar-refractivity contribution is 5.75. The summed E-state index contributed by atoms with van der Waals surface area (Å²) < 4.78 is 0. The molecule has 0 aliphatic heterocycles. The third-order valence-corrected chi connectivity index (χ3v) is 1.61. The lowest BCUT2D eigenvalue weighted by atomic mass is 10.3. The summed E-state index contributed by atoms with van der Waals surface area (Å²) in [6.07, 6.45) is 1.74. The van der Waals surface area contributed by atoms with Gasteiger partial charge >= 0.3 is 0 Å². The van der Waals surface area contributed by atoms with E-state index < -0.39 is 0 Å². The lowest BCUT2D eigenvalue weighted by molar-refractivity contribution is 1.03. The molecular weight excluding hydrogens is 164 g/mol. The van der Waals surface area contributed by atoms with Crippen LogP contribution in [0.2, 0.25) is 0 Å². The van der Waals surface area contributed by atoms with Crippen molar-refractivity contribution in [2.75, 3.05) is 0 Å². The van der Waals surface area contributed by atoms with Gasteiger partial charge in [-0.1, -0.05) is 13.8 Å². The van der Waals surface area contributed by atoms with Crippen LogP contribution < -0.4 is 0 Å². The van der Waals surface area contributed by atoms with Gasteiger partial charge in [0.25, 0.3) is 0 Å². The van der Waals surface area contributed by atoms with Crippen molar-refractivity contribution in [1.29, 1.82) is 0 Å². The minimum absolute atomic E-state index is 0. The van der Waals surface area contributed by atoms with Gasteiger partial charge in [0.05, 0.1) is 17.3 Å². The zero-order valence-corrected chi connectivity index (χ0v) is 8.42. The highest BCUT2D eigenvalue weighted by Gasteiger charge is 2.01. The van der Waals surface area contributed by atoms with Gasteiger partial charge < -0.3 is 0 Å². The van der Waals surface area contributed by atoms with Gasteiger partial charge in [-0.15, -0.1) is 0 Å². The SMILES string of the molecule is CC.Cc1nc(C)c2cn[nH]c2n1.[HH]. The van der Waals surface area contributed by atoms with E-state index in [0.717, 1.165) is 22.6 Å². The van der Waals surface area contributed by atoms with Crippen LogP contribution in [-0.2, 0) is 0 Å². The smallest absolute Gasteiger partial charge is 0.159 e. The Morgan fingerprint density at radius 1 is 1.23 bits per heavy atom. The second-order valence-corrected chi connectivity index (χ2v) is 2.49. The molecule has 2 heterocycles. The second-order valence-electron chi connectivity index (χ2n) is 2.49. The molecule has 0 aliphatic rings. The van der Waals surface area contributed by atoms with Crippen LogP contribution in [-0.4, -0.2) is 20.2 Å². The first-order valence-electron chi connectivity index (χ1n) is 4.41. The van der Waals surface area contributed by atoms with Gasteiger partial charge in [-0.3, -0.25) is 5.10 Å². The zero-order valence-electron chi connectivity index (χ0n) is 8.42. The number of H-pyrrole nitrogens is 1. The number of aromatic nitrogens is 4. The number of hydrogen-bond donors (Lipinski definition) is 1. The van der Waals surface area contributed by atoms with Crippen LogP contribution in [0.25, 0.3) is 11.0 Å². The maximum atomic E-state index is 4.20. The first-order chi connectivity index (χ1) is 6.27. The van der Waals surface area contributed by atoms with Gasteiger partial charge in [0.2, 0.25) is 0 Å². The van der Waals surface area contributed by atoms with E-state index in [0.29, 0.717) is 0 Å². The molecule has 4 nitrogen and oxygen atoms in total. The Balaban J connectivity index is 0.000000531. The van der Waals surface area contributed by atoms with E-state index >= 15 is 0 Å². The standard InChI is InChI=1S/C7H8N4.C2H6.H2/c1-4-6-3-8-11-7(6)10-5(2)9-4;1-2;/h3H,1-2H3,(H,8,9,10,11);1-2H3;1H. The number of aryl methyl sites for hydroxylation is 2. The summed E-state index contributed by atoms with van der Waals surface area (Å²) in [7, 11) is 0. The summed E-state index contributed by atoms with van der Waals surface area (Å²) in [5.41, 5.74) is 1.79. The lowest BCUT2D eigenvalue weighted by Gasteiger charge is -1.94. The van der Waals surface area contributed by atoms with E-state index in [-0.39, 0.29) is 1.43 Å². The third kappa shape index (κ3) is 1.83. The minimum atomic E-state index is 0. The maximum absolute atomic E-state index is 4.20. The van der Waals surface area contributed by atoms with Crippen LogP contribution >= 0.6 is 0 Å². The monoisotopic (exact) mass is 180 g/mol. The first-order valence-corrected chi connectivity index (χ1v) is 4.41. The Kier molecular flexibility index (Phi) is 2.95. The van der Waals surface area contributed by atoms with Gasteiger partial charge in [0.15, 0.2) is 5.65 Å². The normalized spacial score (nSPS) is 9.54. The molecule has 2 aromatic heterocycles. The minimum Gasteiger partial charge on any atom is -0.261 e. The molecule has 0 saturated heterocycles. The molecule has 0 bridgehead atoms.